The Bertz CT molecular complexity index is 425. The maximum absolute atomic E-state index is 11.9. The molecule has 1 aliphatic carbocycles. The third kappa shape index (κ3) is 3.78. The van der Waals surface area contributed by atoms with Crippen molar-refractivity contribution < 1.29 is 9.90 Å². The third-order valence-corrected chi connectivity index (χ3v) is 3.70. The second-order valence-electron chi connectivity index (χ2n) is 4.74. The summed E-state index contributed by atoms with van der Waals surface area (Å²) in [7, 11) is 0. The van der Waals surface area contributed by atoms with Crippen LogP contribution in [0.3, 0.4) is 0 Å². The van der Waals surface area contributed by atoms with Gasteiger partial charge in [0.05, 0.1) is 6.10 Å². The van der Waals surface area contributed by atoms with Crippen molar-refractivity contribution in [3.8, 4) is 0 Å². The van der Waals surface area contributed by atoms with Crippen molar-refractivity contribution in [3.63, 3.8) is 0 Å². The van der Waals surface area contributed by atoms with Crippen molar-refractivity contribution in [2.24, 2.45) is 5.92 Å². The van der Waals surface area contributed by atoms with Crippen LogP contribution < -0.4 is 5.32 Å². The molecule has 1 amide bonds. The first kappa shape index (κ1) is 13.5. The zero-order valence-corrected chi connectivity index (χ0v) is 11.7. The van der Waals surface area contributed by atoms with Crippen molar-refractivity contribution in [1.29, 1.82) is 0 Å². The fourth-order valence-electron chi connectivity index (χ4n) is 2.31. The molecule has 18 heavy (non-hydrogen) atoms. The standard InChI is InChI=1S/C13H17BrN2O2/c14-12-6-2-5-11(16-12)13(18)15-8-9-3-1-4-10(17)7-9/h2,5-6,9-10,17H,1,3-4,7-8H2,(H,15,18). The molecular weight excluding hydrogens is 296 g/mol. The van der Waals surface area contributed by atoms with E-state index >= 15 is 0 Å². The molecule has 1 aromatic heterocycles. The molecular formula is C13H17BrN2O2. The van der Waals surface area contributed by atoms with Gasteiger partial charge in [-0.05, 0) is 53.2 Å². The number of nitrogens with one attached hydrogen (secondary N) is 1. The molecule has 2 unspecified atom stereocenters. The average molecular weight is 313 g/mol. The second-order valence-corrected chi connectivity index (χ2v) is 5.55. The fraction of sp³-hybridized carbons (Fsp3) is 0.538. The van der Waals surface area contributed by atoms with Crippen molar-refractivity contribution in [3.05, 3.63) is 28.5 Å². The lowest BCUT2D eigenvalue weighted by Gasteiger charge is -2.25. The van der Waals surface area contributed by atoms with Crippen LogP contribution in [0.1, 0.15) is 36.2 Å². The van der Waals surface area contributed by atoms with E-state index in [0.717, 1.165) is 25.7 Å². The Morgan fingerprint density at radius 3 is 3.06 bits per heavy atom. The minimum Gasteiger partial charge on any atom is -0.393 e. The van der Waals surface area contributed by atoms with E-state index in [2.05, 4.69) is 26.2 Å². The van der Waals surface area contributed by atoms with E-state index < -0.39 is 0 Å². The number of pyridine rings is 1. The van der Waals surface area contributed by atoms with Gasteiger partial charge in [-0.25, -0.2) is 4.98 Å². The molecule has 1 aromatic rings. The Morgan fingerprint density at radius 1 is 1.50 bits per heavy atom. The first-order valence-electron chi connectivity index (χ1n) is 6.24. The van der Waals surface area contributed by atoms with Crippen LogP contribution in [-0.4, -0.2) is 28.6 Å². The molecule has 1 fully saturated rings. The summed E-state index contributed by atoms with van der Waals surface area (Å²) in [6, 6.07) is 5.26. The molecule has 0 spiro atoms. The quantitative estimate of drug-likeness (QED) is 0.840. The number of carbonyl (C=O) groups is 1. The number of rotatable bonds is 3. The maximum Gasteiger partial charge on any atom is 0.269 e. The maximum atomic E-state index is 11.9. The fourth-order valence-corrected chi connectivity index (χ4v) is 2.65. The van der Waals surface area contributed by atoms with Crippen molar-refractivity contribution in [2.75, 3.05) is 6.54 Å². The van der Waals surface area contributed by atoms with Crippen LogP contribution in [0.25, 0.3) is 0 Å². The van der Waals surface area contributed by atoms with Crippen LogP contribution in [0.15, 0.2) is 22.8 Å². The molecule has 1 heterocycles. The van der Waals surface area contributed by atoms with Crippen LogP contribution in [-0.2, 0) is 0 Å². The van der Waals surface area contributed by atoms with E-state index in [-0.39, 0.29) is 12.0 Å². The summed E-state index contributed by atoms with van der Waals surface area (Å²) in [5.41, 5.74) is 0.417. The van der Waals surface area contributed by atoms with E-state index in [4.69, 9.17) is 0 Å². The summed E-state index contributed by atoms with van der Waals surface area (Å²) < 4.78 is 0.656. The number of amides is 1. The molecule has 0 radical (unpaired) electrons. The molecule has 2 rings (SSSR count). The normalized spacial score (nSPS) is 23.7. The minimum atomic E-state index is -0.204. The third-order valence-electron chi connectivity index (χ3n) is 3.25. The summed E-state index contributed by atoms with van der Waals surface area (Å²) >= 11 is 3.24. The van der Waals surface area contributed by atoms with Crippen molar-refractivity contribution in [2.45, 2.75) is 31.8 Å². The molecule has 0 aromatic carbocycles. The van der Waals surface area contributed by atoms with Gasteiger partial charge in [0, 0.05) is 6.54 Å². The highest BCUT2D eigenvalue weighted by molar-refractivity contribution is 9.10. The van der Waals surface area contributed by atoms with Crippen LogP contribution in [0, 0.1) is 5.92 Å². The Labute approximate surface area is 115 Å². The Kier molecular flexibility index (Phi) is 4.72. The zero-order valence-electron chi connectivity index (χ0n) is 10.1. The van der Waals surface area contributed by atoms with E-state index in [9.17, 15) is 9.90 Å². The molecule has 0 aliphatic heterocycles. The van der Waals surface area contributed by atoms with Gasteiger partial charge in [0.2, 0.25) is 0 Å². The second kappa shape index (κ2) is 6.29. The van der Waals surface area contributed by atoms with Crippen LogP contribution >= 0.6 is 15.9 Å². The lowest BCUT2D eigenvalue weighted by molar-refractivity contribution is 0.0870. The number of hydrogen-bond donors (Lipinski definition) is 2. The highest BCUT2D eigenvalue weighted by Gasteiger charge is 2.20. The highest BCUT2D eigenvalue weighted by Crippen LogP contribution is 2.23. The van der Waals surface area contributed by atoms with Crippen molar-refractivity contribution in [1.82, 2.24) is 10.3 Å². The number of carbonyl (C=O) groups excluding carboxylic acids is 1. The predicted molar refractivity (Wildman–Crippen MR) is 72.2 cm³/mol. The van der Waals surface area contributed by atoms with Crippen LogP contribution in [0.5, 0.6) is 0 Å². The van der Waals surface area contributed by atoms with E-state index in [1.165, 1.54) is 0 Å². The Morgan fingerprint density at radius 2 is 2.33 bits per heavy atom. The van der Waals surface area contributed by atoms with Crippen molar-refractivity contribution >= 4 is 21.8 Å². The molecule has 1 aliphatic rings. The molecule has 2 atom stereocenters. The molecule has 4 nitrogen and oxygen atoms in total. The van der Waals surface area contributed by atoms with Gasteiger partial charge in [-0.15, -0.1) is 0 Å². The number of aromatic nitrogens is 1. The monoisotopic (exact) mass is 312 g/mol. The Balaban J connectivity index is 1.84. The SMILES string of the molecule is O=C(NCC1CCCC(O)C1)c1cccc(Br)n1. The number of aliphatic hydroxyl groups is 1. The van der Waals surface area contributed by atoms with Gasteiger partial charge >= 0.3 is 0 Å². The molecule has 0 saturated heterocycles. The molecule has 5 heteroatoms. The van der Waals surface area contributed by atoms with E-state index in [1.54, 1.807) is 18.2 Å². The molecule has 1 saturated carbocycles. The summed E-state index contributed by atoms with van der Waals surface area (Å²) in [5.74, 6) is 0.223. The summed E-state index contributed by atoms with van der Waals surface area (Å²) in [6.07, 6.45) is 3.58. The summed E-state index contributed by atoms with van der Waals surface area (Å²) in [4.78, 5) is 16.0. The highest BCUT2D eigenvalue weighted by atomic mass is 79.9. The topological polar surface area (TPSA) is 62.2 Å². The van der Waals surface area contributed by atoms with Gasteiger partial charge in [-0.1, -0.05) is 12.5 Å². The Hall–Kier alpha value is -0.940. The first-order valence-corrected chi connectivity index (χ1v) is 7.03. The number of aliphatic hydroxyl groups excluding tert-OH is 1. The van der Waals surface area contributed by atoms with E-state index in [0.29, 0.717) is 22.8 Å². The van der Waals surface area contributed by atoms with Gasteiger partial charge in [0.15, 0.2) is 0 Å². The minimum absolute atomic E-state index is 0.156. The predicted octanol–water partition coefficient (Wildman–Crippen LogP) is 2.12. The summed E-state index contributed by atoms with van der Waals surface area (Å²) in [6.45, 7) is 0.615. The van der Waals surface area contributed by atoms with Gasteiger partial charge < -0.3 is 10.4 Å². The molecule has 2 N–H and O–H groups in total. The first-order chi connectivity index (χ1) is 8.65. The number of hydrogen-bond acceptors (Lipinski definition) is 3. The average Bonchev–Trinajstić information content (AvgIpc) is 2.36. The number of nitrogens with zero attached hydrogens (tertiary/aromatic N) is 1. The lowest BCUT2D eigenvalue weighted by Crippen LogP contribution is -2.33. The number of halogens is 1. The van der Waals surface area contributed by atoms with Gasteiger partial charge in [-0.3, -0.25) is 4.79 Å². The van der Waals surface area contributed by atoms with Gasteiger partial charge in [-0.2, -0.15) is 0 Å². The summed E-state index contributed by atoms with van der Waals surface area (Å²) in [5, 5.41) is 12.5. The van der Waals surface area contributed by atoms with Crippen LogP contribution in [0.2, 0.25) is 0 Å². The van der Waals surface area contributed by atoms with E-state index in [1.807, 2.05) is 0 Å². The largest absolute Gasteiger partial charge is 0.393 e. The molecule has 0 bridgehead atoms. The molecule has 98 valence electrons. The van der Waals surface area contributed by atoms with Crippen LogP contribution in [0.4, 0.5) is 0 Å². The smallest absolute Gasteiger partial charge is 0.269 e. The van der Waals surface area contributed by atoms with Gasteiger partial charge in [0.25, 0.3) is 5.91 Å². The zero-order chi connectivity index (χ0) is 13.0. The van der Waals surface area contributed by atoms with Gasteiger partial charge in [0.1, 0.15) is 10.3 Å². The lowest BCUT2D eigenvalue weighted by atomic mass is 9.87.